The average Bonchev–Trinajstić information content (AvgIpc) is 2.47. The van der Waals surface area contributed by atoms with E-state index in [9.17, 15) is 4.39 Å². The van der Waals surface area contributed by atoms with Crippen LogP contribution in [-0.4, -0.2) is 29.1 Å². The summed E-state index contributed by atoms with van der Waals surface area (Å²) in [5, 5.41) is 3.49. The SMILES string of the molecule is Fc1cncc(-c2ccc3c(n2)N[C@H]2CCCN3C2)c1. The van der Waals surface area contributed by atoms with Crippen molar-refractivity contribution in [3.63, 3.8) is 0 Å². The fraction of sp³-hybridized carbons (Fsp3) is 0.333. The van der Waals surface area contributed by atoms with Gasteiger partial charge in [0, 0.05) is 30.9 Å². The van der Waals surface area contributed by atoms with Gasteiger partial charge in [0.2, 0.25) is 0 Å². The topological polar surface area (TPSA) is 41.1 Å². The molecule has 1 N–H and O–H groups in total. The molecular weight excluding hydrogens is 255 g/mol. The monoisotopic (exact) mass is 270 g/mol. The van der Waals surface area contributed by atoms with Gasteiger partial charge in [-0.05, 0) is 31.0 Å². The molecule has 5 heteroatoms. The molecule has 0 aromatic carbocycles. The van der Waals surface area contributed by atoms with Crippen LogP contribution in [0.25, 0.3) is 11.3 Å². The summed E-state index contributed by atoms with van der Waals surface area (Å²) in [6, 6.07) is 5.94. The van der Waals surface area contributed by atoms with E-state index in [1.807, 2.05) is 6.07 Å². The van der Waals surface area contributed by atoms with Crippen LogP contribution >= 0.6 is 0 Å². The molecule has 102 valence electrons. The number of halogens is 1. The van der Waals surface area contributed by atoms with Gasteiger partial charge in [-0.25, -0.2) is 9.37 Å². The second kappa shape index (κ2) is 4.44. The van der Waals surface area contributed by atoms with Crippen LogP contribution in [0, 0.1) is 5.82 Å². The van der Waals surface area contributed by atoms with Gasteiger partial charge < -0.3 is 10.2 Å². The Morgan fingerprint density at radius 2 is 2.25 bits per heavy atom. The molecule has 4 nitrogen and oxygen atoms in total. The molecule has 4 rings (SSSR count). The van der Waals surface area contributed by atoms with Gasteiger partial charge in [-0.1, -0.05) is 0 Å². The zero-order valence-corrected chi connectivity index (χ0v) is 11.0. The van der Waals surface area contributed by atoms with Crippen molar-refractivity contribution in [3.8, 4) is 11.3 Å². The molecule has 2 aliphatic rings. The Hall–Kier alpha value is -2.17. The summed E-state index contributed by atoms with van der Waals surface area (Å²) >= 11 is 0. The highest BCUT2D eigenvalue weighted by atomic mass is 19.1. The average molecular weight is 270 g/mol. The summed E-state index contributed by atoms with van der Waals surface area (Å²) in [6.45, 7) is 2.14. The molecular formula is C15H15FN4. The van der Waals surface area contributed by atoms with Gasteiger partial charge in [-0.3, -0.25) is 4.98 Å². The summed E-state index contributed by atoms with van der Waals surface area (Å²) < 4.78 is 13.3. The number of anilines is 2. The first-order valence-electron chi connectivity index (χ1n) is 6.93. The van der Waals surface area contributed by atoms with Crippen LogP contribution in [0.3, 0.4) is 0 Å². The van der Waals surface area contributed by atoms with Gasteiger partial charge in [0.05, 0.1) is 17.6 Å². The number of rotatable bonds is 1. The number of nitrogens with zero attached hydrogens (tertiary/aromatic N) is 3. The standard InChI is InChI=1S/C15H15FN4/c16-11-6-10(7-17-8-11)13-3-4-14-15(19-13)18-12-2-1-5-20(14)9-12/h3-4,6-8,12H,1-2,5,9H2,(H,18,19)/t12-/m0/s1. The largest absolute Gasteiger partial charge is 0.366 e. The maximum atomic E-state index is 13.3. The highest BCUT2D eigenvalue weighted by molar-refractivity contribution is 5.73. The maximum absolute atomic E-state index is 13.3. The Morgan fingerprint density at radius 3 is 3.15 bits per heavy atom. The zero-order valence-electron chi connectivity index (χ0n) is 11.0. The number of aromatic nitrogens is 2. The highest BCUT2D eigenvalue weighted by Gasteiger charge is 2.28. The van der Waals surface area contributed by atoms with E-state index >= 15 is 0 Å². The van der Waals surface area contributed by atoms with Crippen molar-refractivity contribution in [2.24, 2.45) is 0 Å². The molecule has 1 atom stereocenters. The lowest BCUT2D eigenvalue weighted by Crippen LogP contribution is -2.46. The van der Waals surface area contributed by atoms with E-state index in [2.05, 4.69) is 26.3 Å². The molecule has 2 aliphatic heterocycles. The van der Waals surface area contributed by atoms with Gasteiger partial charge in [0.1, 0.15) is 5.82 Å². The van der Waals surface area contributed by atoms with Crippen molar-refractivity contribution < 1.29 is 4.39 Å². The number of piperidine rings is 1. The second-order valence-electron chi connectivity index (χ2n) is 5.39. The van der Waals surface area contributed by atoms with Crippen molar-refractivity contribution in [2.75, 3.05) is 23.3 Å². The summed E-state index contributed by atoms with van der Waals surface area (Å²) in [7, 11) is 0. The van der Waals surface area contributed by atoms with Crippen molar-refractivity contribution >= 4 is 11.5 Å². The fourth-order valence-corrected chi connectivity index (χ4v) is 3.03. The molecule has 0 saturated carbocycles. The van der Waals surface area contributed by atoms with Gasteiger partial charge in [-0.2, -0.15) is 0 Å². The third kappa shape index (κ3) is 1.90. The number of hydrogen-bond acceptors (Lipinski definition) is 4. The van der Waals surface area contributed by atoms with E-state index in [-0.39, 0.29) is 5.82 Å². The molecule has 20 heavy (non-hydrogen) atoms. The Balaban J connectivity index is 1.76. The summed E-state index contributed by atoms with van der Waals surface area (Å²) in [5.41, 5.74) is 2.61. The van der Waals surface area contributed by atoms with E-state index in [0.717, 1.165) is 30.3 Å². The molecule has 2 aromatic rings. The molecule has 0 amide bonds. The molecule has 2 bridgehead atoms. The lowest BCUT2D eigenvalue weighted by Gasteiger charge is -2.40. The van der Waals surface area contributed by atoms with Gasteiger partial charge in [0.25, 0.3) is 0 Å². The lowest BCUT2D eigenvalue weighted by atomic mass is 10.0. The molecule has 0 aliphatic carbocycles. The fourth-order valence-electron chi connectivity index (χ4n) is 3.03. The van der Waals surface area contributed by atoms with Gasteiger partial charge >= 0.3 is 0 Å². The highest BCUT2D eigenvalue weighted by Crippen LogP contribution is 2.34. The quantitative estimate of drug-likeness (QED) is 0.865. The minimum Gasteiger partial charge on any atom is -0.366 e. The van der Waals surface area contributed by atoms with Crippen molar-refractivity contribution in [1.82, 2.24) is 9.97 Å². The molecule has 4 heterocycles. The van der Waals surface area contributed by atoms with E-state index in [1.165, 1.54) is 25.1 Å². The number of nitrogens with one attached hydrogen (secondary N) is 1. The number of fused-ring (bicyclic) bond motifs is 4. The first-order valence-corrected chi connectivity index (χ1v) is 6.93. The van der Waals surface area contributed by atoms with E-state index in [4.69, 9.17) is 0 Å². The lowest BCUT2D eigenvalue weighted by molar-refractivity contribution is 0.516. The third-order valence-electron chi connectivity index (χ3n) is 3.98. The second-order valence-corrected chi connectivity index (χ2v) is 5.39. The van der Waals surface area contributed by atoms with Crippen molar-refractivity contribution in [2.45, 2.75) is 18.9 Å². The summed E-state index contributed by atoms with van der Waals surface area (Å²) in [5.74, 6) is 0.568. The number of hydrogen-bond donors (Lipinski definition) is 1. The zero-order chi connectivity index (χ0) is 13.5. The van der Waals surface area contributed by atoms with Crippen LogP contribution in [-0.2, 0) is 0 Å². The van der Waals surface area contributed by atoms with Gasteiger partial charge in [-0.15, -0.1) is 0 Å². The Bertz CT molecular complexity index is 658. The van der Waals surface area contributed by atoms with Crippen molar-refractivity contribution in [1.29, 1.82) is 0 Å². The first kappa shape index (κ1) is 11.6. The Labute approximate surface area is 116 Å². The third-order valence-corrected chi connectivity index (χ3v) is 3.98. The first-order chi connectivity index (χ1) is 9.79. The molecule has 2 aromatic heterocycles. The van der Waals surface area contributed by atoms with Crippen LogP contribution in [0.2, 0.25) is 0 Å². The molecule has 1 fully saturated rings. The van der Waals surface area contributed by atoms with Crippen molar-refractivity contribution in [3.05, 3.63) is 36.4 Å². The van der Waals surface area contributed by atoms with E-state index in [0.29, 0.717) is 11.6 Å². The predicted molar refractivity (Wildman–Crippen MR) is 76.3 cm³/mol. The van der Waals surface area contributed by atoms with Crippen LogP contribution in [0.15, 0.2) is 30.6 Å². The predicted octanol–water partition coefficient (Wildman–Crippen LogP) is 2.68. The maximum Gasteiger partial charge on any atom is 0.150 e. The van der Waals surface area contributed by atoms with E-state index in [1.54, 1.807) is 6.20 Å². The van der Waals surface area contributed by atoms with Crippen LogP contribution in [0.5, 0.6) is 0 Å². The summed E-state index contributed by atoms with van der Waals surface area (Å²) in [4.78, 5) is 10.9. The normalized spacial score (nSPS) is 20.2. The molecule has 0 radical (unpaired) electrons. The number of pyridine rings is 2. The Morgan fingerprint density at radius 1 is 1.30 bits per heavy atom. The van der Waals surface area contributed by atoms with Gasteiger partial charge in [0.15, 0.2) is 5.82 Å². The molecule has 0 unspecified atom stereocenters. The Kier molecular flexibility index (Phi) is 2.58. The smallest absolute Gasteiger partial charge is 0.150 e. The molecule has 0 spiro atoms. The van der Waals surface area contributed by atoms with Crippen LogP contribution in [0.1, 0.15) is 12.8 Å². The van der Waals surface area contributed by atoms with Crippen LogP contribution < -0.4 is 10.2 Å². The van der Waals surface area contributed by atoms with Crippen LogP contribution in [0.4, 0.5) is 15.9 Å². The molecule has 1 saturated heterocycles. The minimum absolute atomic E-state index is 0.337. The minimum atomic E-state index is -0.337. The van der Waals surface area contributed by atoms with E-state index < -0.39 is 0 Å². The summed E-state index contributed by atoms with van der Waals surface area (Å²) in [6.07, 6.45) is 5.24.